The van der Waals surface area contributed by atoms with Gasteiger partial charge < -0.3 is 15.2 Å². The van der Waals surface area contributed by atoms with Crippen LogP contribution >= 0.6 is 0 Å². The molecule has 0 radical (unpaired) electrons. The van der Waals surface area contributed by atoms with E-state index >= 15 is 0 Å². The first kappa shape index (κ1) is 13.6. The van der Waals surface area contributed by atoms with Gasteiger partial charge in [0.1, 0.15) is 0 Å². The minimum Gasteiger partial charge on any atom is -0.481 e. The number of hydrogen-bond acceptors (Lipinski definition) is 3. The summed E-state index contributed by atoms with van der Waals surface area (Å²) in [6, 6.07) is 0.0651. The molecule has 0 aromatic heterocycles. The normalized spacial score (nSPS) is 36.8. The van der Waals surface area contributed by atoms with E-state index in [0.29, 0.717) is 25.4 Å². The molecule has 0 aromatic rings. The average molecular weight is 279 g/mol. The molecule has 4 atom stereocenters. The molecule has 1 saturated heterocycles. The highest BCUT2D eigenvalue weighted by Gasteiger charge is 2.42. The summed E-state index contributed by atoms with van der Waals surface area (Å²) in [6.07, 6.45) is 8.07. The van der Waals surface area contributed by atoms with Crippen LogP contribution in [0.15, 0.2) is 12.2 Å². The highest BCUT2D eigenvalue weighted by atomic mass is 16.5. The smallest absolute Gasteiger partial charge is 0.307 e. The van der Waals surface area contributed by atoms with E-state index in [1.807, 2.05) is 12.2 Å². The van der Waals surface area contributed by atoms with Crippen molar-refractivity contribution in [3.05, 3.63) is 12.2 Å². The van der Waals surface area contributed by atoms with Gasteiger partial charge >= 0.3 is 5.97 Å². The summed E-state index contributed by atoms with van der Waals surface area (Å²) in [7, 11) is 0. The Balaban J connectivity index is 1.62. The SMILES string of the molecule is O=C(O)C1CC=CCC1C(=O)NC1CCOC1C1CC1. The van der Waals surface area contributed by atoms with E-state index < -0.39 is 17.8 Å². The van der Waals surface area contributed by atoms with Crippen LogP contribution in [0.25, 0.3) is 0 Å². The summed E-state index contributed by atoms with van der Waals surface area (Å²) in [6.45, 7) is 0.693. The Kier molecular flexibility index (Phi) is 3.78. The van der Waals surface area contributed by atoms with Crippen LogP contribution in [0.2, 0.25) is 0 Å². The quantitative estimate of drug-likeness (QED) is 0.761. The second-order valence-electron chi connectivity index (χ2n) is 6.07. The maximum Gasteiger partial charge on any atom is 0.307 e. The van der Waals surface area contributed by atoms with E-state index in [1.54, 1.807) is 0 Å². The van der Waals surface area contributed by atoms with Crippen molar-refractivity contribution in [3.63, 3.8) is 0 Å². The number of allylic oxidation sites excluding steroid dienone is 2. The molecule has 5 heteroatoms. The van der Waals surface area contributed by atoms with Crippen LogP contribution in [-0.2, 0) is 14.3 Å². The van der Waals surface area contributed by atoms with Crippen LogP contribution in [0.3, 0.4) is 0 Å². The Hall–Kier alpha value is -1.36. The van der Waals surface area contributed by atoms with Crippen molar-refractivity contribution in [1.29, 1.82) is 0 Å². The molecule has 5 nitrogen and oxygen atoms in total. The van der Waals surface area contributed by atoms with Crippen molar-refractivity contribution in [3.8, 4) is 0 Å². The van der Waals surface area contributed by atoms with Gasteiger partial charge in [-0.25, -0.2) is 0 Å². The van der Waals surface area contributed by atoms with Crippen molar-refractivity contribution in [1.82, 2.24) is 5.32 Å². The van der Waals surface area contributed by atoms with Gasteiger partial charge in [0.2, 0.25) is 5.91 Å². The third-order valence-electron chi connectivity index (χ3n) is 4.64. The number of ether oxygens (including phenoxy) is 1. The number of amides is 1. The van der Waals surface area contributed by atoms with Crippen LogP contribution in [0.5, 0.6) is 0 Å². The molecule has 3 rings (SSSR count). The Morgan fingerprint density at radius 2 is 1.80 bits per heavy atom. The molecule has 20 heavy (non-hydrogen) atoms. The molecular formula is C15H21NO4. The molecule has 0 spiro atoms. The van der Waals surface area contributed by atoms with Gasteiger partial charge in [-0.15, -0.1) is 0 Å². The Morgan fingerprint density at radius 3 is 2.45 bits per heavy atom. The lowest BCUT2D eigenvalue weighted by atomic mass is 9.82. The molecule has 4 unspecified atom stereocenters. The zero-order valence-corrected chi connectivity index (χ0v) is 11.5. The van der Waals surface area contributed by atoms with Gasteiger partial charge in [0.25, 0.3) is 0 Å². The summed E-state index contributed by atoms with van der Waals surface area (Å²) in [5, 5.41) is 12.3. The van der Waals surface area contributed by atoms with Gasteiger partial charge in [0.05, 0.1) is 24.0 Å². The topological polar surface area (TPSA) is 75.6 Å². The lowest BCUT2D eigenvalue weighted by Crippen LogP contribution is -2.46. The number of aliphatic carboxylic acids is 1. The lowest BCUT2D eigenvalue weighted by Gasteiger charge is -2.27. The molecule has 2 N–H and O–H groups in total. The summed E-state index contributed by atoms with van der Waals surface area (Å²) in [5.41, 5.74) is 0. The first-order valence-corrected chi connectivity index (χ1v) is 7.46. The minimum atomic E-state index is -0.879. The molecular weight excluding hydrogens is 258 g/mol. The van der Waals surface area contributed by atoms with Gasteiger partial charge in [0.15, 0.2) is 0 Å². The minimum absolute atomic E-state index is 0.0651. The Bertz CT molecular complexity index is 430. The van der Waals surface area contributed by atoms with Crippen molar-refractivity contribution in [2.24, 2.45) is 17.8 Å². The van der Waals surface area contributed by atoms with Gasteiger partial charge in [-0.05, 0) is 38.0 Å². The van der Waals surface area contributed by atoms with Crippen molar-refractivity contribution in [2.45, 2.75) is 44.2 Å². The maximum absolute atomic E-state index is 12.4. The summed E-state index contributed by atoms with van der Waals surface area (Å²) < 4.78 is 5.71. The Labute approximate surface area is 118 Å². The first-order valence-electron chi connectivity index (χ1n) is 7.46. The molecule has 2 fully saturated rings. The summed E-state index contributed by atoms with van der Waals surface area (Å²) >= 11 is 0. The lowest BCUT2D eigenvalue weighted by molar-refractivity contribution is -0.147. The number of nitrogens with one attached hydrogen (secondary N) is 1. The first-order chi connectivity index (χ1) is 9.66. The largest absolute Gasteiger partial charge is 0.481 e. The van der Waals surface area contributed by atoms with Crippen LogP contribution in [-0.4, -0.2) is 35.7 Å². The fourth-order valence-corrected chi connectivity index (χ4v) is 3.32. The number of carboxylic acids is 1. The third-order valence-corrected chi connectivity index (χ3v) is 4.64. The van der Waals surface area contributed by atoms with Crippen LogP contribution in [0, 0.1) is 17.8 Å². The number of rotatable bonds is 4. The Morgan fingerprint density at radius 1 is 1.10 bits per heavy atom. The van der Waals surface area contributed by atoms with E-state index in [4.69, 9.17) is 4.74 Å². The third kappa shape index (κ3) is 2.73. The van der Waals surface area contributed by atoms with Crippen molar-refractivity contribution in [2.75, 3.05) is 6.61 Å². The van der Waals surface area contributed by atoms with E-state index in [1.165, 1.54) is 12.8 Å². The second-order valence-corrected chi connectivity index (χ2v) is 6.07. The standard InChI is InChI=1S/C15H21NO4/c17-14(10-3-1-2-4-11(10)15(18)19)16-12-7-8-20-13(12)9-5-6-9/h1-2,9-13H,3-8H2,(H,16,17)(H,18,19). The number of carbonyl (C=O) groups excluding carboxylic acids is 1. The van der Waals surface area contributed by atoms with Crippen LogP contribution < -0.4 is 5.32 Å². The van der Waals surface area contributed by atoms with E-state index in [-0.39, 0.29) is 18.1 Å². The molecule has 0 aromatic carbocycles. The van der Waals surface area contributed by atoms with Crippen LogP contribution in [0.4, 0.5) is 0 Å². The van der Waals surface area contributed by atoms with Crippen LogP contribution in [0.1, 0.15) is 32.1 Å². The van der Waals surface area contributed by atoms with E-state index in [9.17, 15) is 14.7 Å². The molecule has 1 heterocycles. The molecule has 3 aliphatic rings. The maximum atomic E-state index is 12.4. The van der Waals surface area contributed by atoms with E-state index in [0.717, 1.165) is 6.42 Å². The summed E-state index contributed by atoms with van der Waals surface area (Å²) in [4.78, 5) is 23.6. The molecule has 1 aliphatic heterocycles. The fraction of sp³-hybridized carbons (Fsp3) is 0.733. The highest BCUT2D eigenvalue weighted by molar-refractivity contribution is 5.85. The number of carboxylic acid groups (broad SMARTS) is 1. The molecule has 110 valence electrons. The number of hydrogen-bond donors (Lipinski definition) is 2. The predicted octanol–water partition coefficient (Wildman–Crippen LogP) is 1.34. The highest BCUT2D eigenvalue weighted by Crippen LogP contribution is 2.39. The van der Waals surface area contributed by atoms with Gasteiger partial charge in [0, 0.05) is 6.61 Å². The van der Waals surface area contributed by atoms with Gasteiger partial charge in [-0.2, -0.15) is 0 Å². The molecule has 2 aliphatic carbocycles. The number of carbonyl (C=O) groups is 2. The van der Waals surface area contributed by atoms with E-state index in [2.05, 4.69) is 5.32 Å². The molecule has 1 saturated carbocycles. The van der Waals surface area contributed by atoms with Gasteiger partial charge in [-0.3, -0.25) is 9.59 Å². The monoisotopic (exact) mass is 279 g/mol. The molecule has 0 bridgehead atoms. The predicted molar refractivity (Wildman–Crippen MR) is 72.0 cm³/mol. The average Bonchev–Trinajstić information content (AvgIpc) is 3.19. The fourth-order valence-electron chi connectivity index (χ4n) is 3.32. The zero-order valence-electron chi connectivity index (χ0n) is 11.5. The second kappa shape index (κ2) is 5.56. The molecule has 1 amide bonds. The summed E-state index contributed by atoms with van der Waals surface area (Å²) in [5.74, 6) is -1.46. The van der Waals surface area contributed by atoms with Crippen molar-refractivity contribution < 1.29 is 19.4 Å². The van der Waals surface area contributed by atoms with Crippen molar-refractivity contribution >= 4 is 11.9 Å². The zero-order chi connectivity index (χ0) is 14.1. The van der Waals surface area contributed by atoms with Gasteiger partial charge in [-0.1, -0.05) is 12.2 Å².